The Kier molecular flexibility index (Phi) is 4.06. The van der Waals surface area contributed by atoms with Crippen molar-refractivity contribution in [3.05, 3.63) is 0 Å². The number of urea groups is 1. The number of amides is 3. The molecule has 3 amide bonds. The Bertz CT molecular complexity index is 504. The number of ether oxygens (including phenoxy) is 1. The number of hydrogen-bond donors (Lipinski definition) is 2. The quantitative estimate of drug-likeness (QED) is 0.797. The van der Waals surface area contributed by atoms with Gasteiger partial charge in [0, 0.05) is 37.8 Å². The highest BCUT2D eigenvalue weighted by molar-refractivity contribution is 5.77. The van der Waals surface area contributed by atoms with Gasteiger partial charge in [0.15, 0.2) is 0 Å². The first-order valence-corrected chi connectivity index (χ1v) is 9.35. The van der Waals surface area contributed by atoms with Crippen molar-refractivity contribution in [2.45, 2.75) is 69.1 Å². The minimum atomic E-state index is -0.124. The zero-order valence-corrected chi connectivity index (χ0v) is 14.4. The summed E-state index contributed by atoms with van der Waals surface area (Å²) >= 11 is 0. The number of piperidine rings is 2. The van der Waals surface area contributed by atoms with Crippen molar-refractivity contribution in [2.24, 2.45) is 0 Å². The molecule has 2 unspecified atom stereocenters. The summed E-state index contributed by atoms with van der Waals surface area (Å²) in [4.78, 5) is 28.2. The number of carbonyl (C=O) groups excluding carboxylic acids is 2. The average molecular weight is 336 g/mol. The minimum absolute atomic E-state index is 0.0239. The van der Waals surface area contributed by atoms with Crippen molar-refractivity contribution in [3.63, 3.8) is 0 Å². The van der Waals surface area contributed by atoms with E-state index in [9.17, 15) is 9.59 Å². The second-order valence-electron chi connectivity index (χ2n) is 7.74. The Labute approximate surface area is 143 Å². The van der Waals surface area contributed by atoms with Crippen LogP contribution in [-0.2, 0) is 4.74 Å². The molecule has 4 fully saturated rings. The maximum atomic E-state index is 12.2. The number of carbonyl (C=O) groups is 2. The van der Waals surface area contributed by atoms with Crippen LogP contribution in [0, 0.1) is 0 Å². The SMILES string of the molecule is CCOC(=O)N1C2CCC1CC(N1CCC3(CC1)CNC(=O)N3)C2. The lowest BCUT2D eigenvalue weighted by Gasteiger charge is -2.46. The van der Waals surface area contributed by atoms with E-state index in [4.69, 9.17) is 4.74 Å². The molecule has 0 radical (unpaired) electrons. The van der Waals surface area contributed by atoms with Gasteiger partial charge in [0.25, 0.3) is 0 Å². The molecule has 24 heavy (non-hydrogen) atoms. The molecule has 2 bridgehead atoms. The molecule has 0 aromatic heterocycles. The summed E-state index contributed by atoms with van der Waals surface area (Å²) in [5.41, 5.74) is -0.0296. The fraction of sp³-hybridized carbons (Fsp3) is 0.882. The molecule has 0 saturated carbocycles. The van der Waals surface area contributed by atoms with Crippen molar-refractivity contribution < 1.29 is 14.3 Å². The van der Waals surface area contributed by atoms with Crippen molar-refractivity contribution >= 4 is 12.1 Å². The average Bonchev–Trinajstić information content (AvgIpc) is 3.05. The lowest BCUT2D eigenvalue weighted by molar-refractivity contribution is 0.0274. The van der Waals surface area contributed by atoms with E-state index in [2.05, 4.69) is 15.5 Å². The smallest absolute Gasteiger partial charge is 0.410 e. The largest absolute Gasteiger partial charge is 0.450 e. The summed E-state index contributed by atoms with van der Waals surface area (Å²) in [5.74, 6) is 0. The van der Waals surface area contributed by atoms with Gasteiger partial charge in [0.2, 0.25) is 0 Å². The van der Waals surface area contributed by atoms with E-state index < -0.39 is 0 Å². The van der Waals surface area contributed by atoms with Crippen LogP contribution in [0.4, 0.5) is 9.59 Å². The van der Waals surface area contributed by atoms with Crippen LogP contribution in [0.5, 0.6) is 0 Å². The molecule has 2 atom stereocenters. The zero-order valence-electron chi connectivity index (χ0n) is 14.4. The van der Waals surface area contributed by atoms with Crippen molar-refractivity contribution in [3.8, 4) is 0 Å². The van der Waals surface area contributed by atoms with Crippen LogP contribution in [-0.4, -0.2) is 71.8 Å². The molecule has 4 rings (SSSR count). The summed E-state index contributed by atoms with van der Waals surface area (Å²) in [5, 5.41) is 6.01. The summed E-state index contributed by atoms with van der Waals surface area (Å²) in [6, 6.07) is 1.23. The molecule has 134 valence electrons. The first-order chi connectivity index (χ1) is 11.6. The van der Waals surface area contributed by atoms with Crippen molar-refractivity contribution in [1.29, 1.82) is 0 Å². The molecule has 4 saturated heterocycles. The summed E-state index contributed by atoms with van der Waals surface area (Å²) in [6.07, 6.45) is 6.24. The van der Waals surface area contributed by atoms with Gasteiger partial charge in [0.1, 0.15) is 0 Å². The van der Waals surface area contributed by atoms with E-state index in [0.717, 1.165) is 58.2 Å². The van der Waals surface area contributed by atoms with E-state index in [1.54, 1.807) is 0 Å². The molecule has 0 aliphatic carbocycles. The number of likely N-dealkylation sites (tertiary alicyclic amines) is 1. The van der Waals surface area contributed by atoms with Crippen molar-refractivity contribution in [1.82, 2.24) is 20.4 Å². The lowest BCUT2D eigenvalue weighted by Crippen LogP contribution is -2.58. The number of hydrogen-bond acceptors (Lipinski definition) is 4. The zero-order chi connectivity index (χ0) is 16.7. The van der Waals surface area contributed by atoms with E-state index in [-0.39, 0.29) is 17.7 Å². The second kappa shape index (κ2) is 6.10. The van der Waals surface area contributed by atoms with Crippen LogP contribution in [0.1, 0.15) is 45.4 Å². The topological polar surface area (TPSA) is 73.9 Å². The number of nitrogens with one attached hydrogen (secondary N) is 2. The number of fused-ring (bicyclic) bond motifs is 2. The molecule has 0 aromatic carbocycles. The molecule has 4 aliphatic rings. The van der Waals surface area contributed by atoms with Gasteiger partial charge >= 0.3 is 12.1 Å². The summed E-state index contributed by atoms with van der Waals surface area (Å²) < 4.78 is 5.24. The van der Waals surface area contributed by atoms with Crippen LogP contribution >= 0.6 is 0 Å². The molecule has 0 aromatic rings. The highest BCUT2D eigenvalue weighted by atomic mass is 16.6. The fourth-order valence-corrected chi connectivity index (χ4v) is 5.14. The third-order valence-electron chi connectivity index (χ3n) is 6.42. The van der Waals surface area contributed by atoms with E-state index in [1.165, 1.54) is 0 Å². The van der Waals surface area contributed by atoms with Gasteiger partial charge < -0.3 is 25.2 Å². The summed E-state index contributed by atoms with van der Waals surface area (Å²) in [7, 11) is 0. The predicted octanol–water partition coefficient (Wildman–Crippen LogP) is 1.29. The molecule has 1 spiro atoms. The number of rotatable bonds is 2. The predicted molar refractivity (Wildman–Crippen MR) is 88.8 cm³/mol. The normalized spacial score (nSPS) is 35.0. The van der Waals surface area contributed by atoms with Gasteiger partial charge in [-0.15, -0.1) is 0 Å². The summed E-state index contributed by atoms with van der Waals surface area (Å²) in [6.45, 7) is 5.14. The van der Waals surface area contributed by atoms with Gasteiger partial charge in [-0.3, -0.25) is 0 Å². The van der Waals surface area contributed by atoms with Crippen LogP contribution < -0.4 is 10.6 Å². The van der Waals surface area contributed by atoms with Crippen LogP contribution in [0.15, 0.2) is 0 Å². The molecule has 4 heterocycles. The highest BCUT2D eigenvalue weighted by Gasteiger charge is 2.47. The minimum Gasteiger partial charge on any atom is -0.450 e. The van der Waals surface area contributed by atoms with Crippen LogP contribution in [0.2, 0.25) is 0 Å². The van der Waals surface area contributed by atoms with Gasteiger partial charge in [-0.05, 0) is 45.4 Å². The van der Waals surface area contributed by atoms with Crippen LogP contribution in [0.25, 0.3) is 0 Å². The molecule has 4 aliphatic heterocycles. The van der Waals surface area contributed by atoms with Gasteiger partial charge in [-0.1, -0.05) is 0 Å². The Morgan fingerprint density at radius 1 is 1.21 bits per heavy atom. The van der Waals surface area contributed by atoms with E-state index >= 15 is 0 Å². The third-order valence-corrected chi connectivity index (χ3v) is 6.42. The van der Waals surface area contributed by atoms with Crippen LogP contribution in [0.3, 0.4) is 0 Å². The molecular weight excluding hydrogens is 308 g/mol. The Morgan fingerprint density at radius 2 is 1.88 bits per heavy atom. The molecular formula is C17H28N4O3. The number of nitrogens with zero attached hydrogens (tertiary/aromatic N) is 2. The maximum Gasteiger partial charge on any atom is 0.410 e. The molecule has 7 nitrogen and oxygen atoms in total. The molecule has 2 N–H and O–H groups in total. The maximum absolute atomic E-state index is 12.2. The van der Waals surface area contributed by atoms with E-state index in [0.29, 0.717) is 24.7 Å². The fourth-order valence-electron chi connectivity index (χ4n) is 5.14. The monoisotopic (exact) mass is 336 g/mol. The Hall–Kier alpha value is -1.50. The lowest BCUT2D eigenvalue weighted by atomic mass is 9.86. The van der Waals surface area contributed by atoms with Gasteiger partial charge in [0.05, 0.1) is 12.1 Å². The standard InChI is InChI=1S/C17H28N4O3/c1-2-24-16(23)21-12-3-4-13(21)10-14(9-12)20-7-5-17(6-8-20)11-18-15(22)19-17/h12-14H,2-11H2,1H3,(H2,18,19,22). The molecule has 7 heteroatoms. The van der Waals surface area contributed by atoms with E-state index in [1.807, 2.05) is 11.8 Å². The second-order valence-corrected chi connectivity index (χ2v) is 7.74. The first-order valence-electron chi connectivity index (χ1n) is 9.35. The highest BCUT2D eigenvalue weighted by Crippen LogP contribution is 2.39. The first kappa shape index (κ1) is 16.0. The van der Waals surface area contributed by atoms with Gasteiger partial charge in [-0.25, -0.2) is 9.59 Å². The van der Waals surface area contributed by atoms with Crippen molar-refractivity contribution in [2.75, 3.05) is 26.2 Å². The van der Waals surface area contributed by atoms with Gasteiger partial charge in [-0.2, -0.15) is 0 Å². The third kappa shape index (κ3) is 2.72. The Morgan fingerprint density at radius 3 is 2.42 bits per heavy atom. The Balaban J connectivity index is 1.35.